The van der Waals surface area contributed by atoms with Crippen LogP contribution in [0, 0.1) is 18.3 Å². The van der Waals surface area contributed by atoms with Crippen LogP contribution in [0.3, 0.4) is 0 Å². The van der Waals surface area contributed by atoms with E-state index in [1.54, 1.807) is 37.3 Å². The number of aryl methyl sites for hydroxylation is 1. The van der Waals surface area contributed by atoms with Gasteiger partial charge in [0.1, 0.15) is 0 Å². The summed E-state index contributed by atoms with van der Waals surface area (Å²) in [6.45, 7) is 3.39. The molecule has 1 unspecified atom stereocenters. The van der Waals surface area contributed by atoms with E-state index in [1.807, 2.05) is 6.92 Å². The molecule has 23 heavy (non-hydrogen) atoms. The summed E-state index contributed by atoms with van der Waals surface area (Å²) in [5.74, 6) is 0.0265. The minimum absolute atomic E-state index is 0.433. The maximum absolute atomic E-state index is 12.6. The molecule has 0 fully saturated rings. The van der Waals surface area contributed by atoms with Crippen LogP contribution in [0.4, 0.5) is 5.69 Å². The Hall–Kier alpha value is -2.58. The summed E-state index contributed by atoms with van der Waals surface area (Å²) in [6.07, 6.45) is 1.51. The van der Waals surface area contributed by atoms with Crippen molar-refractivity contribution < 1.29 is 9.53 Å². The average Bonchev–Trinajstić information content (AvgIpc) is 2.56. The highest BCUT2D eigenvalue weighted by molar-refractivity contribution is 6.30. The van der Waals surface area contributed by atoms with Gasteiger partial charge in [-0.05, 0) is 37.1 Å². The van der Waals surface area contributed by atoms with Crippen molar-refractivity contribution in [3.63, 3.8) is 0 Å². The number of hydrogen-bond acceptors (Lipinski definition) is 4. The van der Waals surface area contributed by atoms with Crippen LogP contribution in [0.1, 0.15) is 18.1 Å². The molecule has 0 radical (unpaired) electrons. The third-order valence-electron chi connectivity index (χ3n) is 3.64. The van der Waals surface area contributed by atoms with Crippen LogP contribution in [0.25, 0.3) is 0 Å². The largest absolute Gasteiger partial charge is 0.481 e. The van der Waals surface area contributed by atoms with Gasteiger partial charge in [-0.25, -0.2) is 4.98 Å². The molecule has 118 valence electrons. The van der Waals surface area contributed by atoms with E-state index < -0.39 is 11.3 Å². The predicted octanol–water partition coefficient (Wildman–Crippen LogP) is 3.47. The Morgan fingerprint density at radius 2 is 2.04 bits per heavy atom. The minimum atomic E-state index is -1.34. The highest BCUT2D eigenvalue weighted by atomic mass is 35.5. The molecule has 1 atom stereocenters. The number of nitriles is 1. The molecule has 6 heteroatoms. The number of methoxy groups -OCH3 is 1. The molecule has 2 aromatic rings. The Kier molecular flexibility index (Phi) is 4.87. The molecule has 2 rings (SSSR count). The van der Waals surface area contributed by atoms with E-state index in [1.165, 1.54) is 13.3 Å². The van der Waals surface area contributed by atoms with Crippen LogP contribution >= 0.6 is 11.6 Å². The zero-order valence-electron chi connectivity index (χ0n) is 13.1. The lowest BCUT2D eigenvalue weighted by molar-refractivity contribution is -0.119. The number of carbonyl (C=O) groups is 1. The number of benzene rings is 1. The van der Waals surface area contributed by atoms with Crippen molar-refractivity contribution in [3.05, 3.63) is 52.7 Å². The lowest BCUT2D eigenvalue weighted by Crippen LogP contribution is -2.36. The van der Waals surface area contributed by atoms with Crippen LogP contribution in [0.2, 0.25) is 5.02 Å². The average molecular weight is 330 g/mol. The first kappa shape index (κ1) is 16.8. The molecule has 1 amide bonds. The molecule has 1 N–H and O–H groups in total. The molecule has 0 spiro atoms. The molecular weight excluding hydrogens is 314 g/mol. The number of carbonyl (C=O) groups excluding carboxylic acids is 1. The van der Waals surface area contributed by atoms with Crippen molar-refractivity contribution in [1.29, 1.82) is 5.26 Å². The quantitative estimate of drug-likeness (QED) is 0.931. The number of nitrogens with one attached hydrogen (secondary N) is 1. The van der Waals surface area contributed by atoms with Gasteiger partial charge in [0.25, 0.3) is 0 Å². The van der Waals surface area contributed by atoms with Crippen LogP contribution < -0.4 is 10.1 Å². The van der Waals surface area contributed by atoms with Gasteiger partial charge in [0, 0.05) is 11.1 Å². The normalized spacial score (nSPS) is 12.8. The second-order valence-corrected chi connectivity index (χ2v) is 5.68. The second-order valence-electron chi connectivity index (χ2n) is 5.24. The number of halogens is 1. The van der Waals surface area contributed by atoms with Crippen molar-refractivity contribution in [2.24, 2.45) is 0 Å². The molecule has 0 aliphatic carbocycles. The fourth-order valence-corrected chi connectivity index (χ4v) is 2.18. The van der Waals surface area contributed by atoms with Crippen molar-refractivity contribution in [2.75, 3.05) is 12.4 Å². The van der Waals surface area contributed by atoms with Gasteiger partial charge in [0.05, 0.1) is 25.1 Å². The van der Waals surface area contributed by atoms with Gasteiger partial charge in [-0.1, -0.05) is 23.7 Å². The van der Waals surface area contributed by atoms with E-state index >= 15 is 0 Å². The van der Waals surface area contributed by atoms with E-state index in [0.29, 0.717) is 22.2 Å². The molecule has 5 nitrogen and oxygen atoms in total. The molecule has 0 saturated carbocycles. The van der Waals surface area contributed by atoms with Gasteiger partial charge >= 0.3 is 0 Å². The first-order chi connectivity index (χ1) is 10.9. The zero-order chi connectivity index (χ0) is 17.0. The topological polar surface area (TPSA) is 75.0 Å². The Balaban J connectivity index is 2.30. The van der Waals surface area contributed by atoms with Gasteiger partial charge in [-0.3, -0.25) is 4.79 Å². The highest BCUT2D eigenvalue weighted by Crippen LogP contribution is 2.27. The Labute approximate surface area is 139 Å². The first-order valence-corrected chi connectivity index (χ1v) is 7.28. The SMILES string of the molecule is COc1cc(C)c(NC(=O)C(C)(C#N)c2ccc(Cl)cc2)cn1. The summed E-state index contributed by atoms with van der Waals surface area (Å²) in [7, 11) is 1.52. The molecule has 0 aliphatic heterocycles. The number of ether oxygens (including phenoxy) is 1. The van der Waals surface area contributed by atoms with E-state index in [-0.39, 0.29) is 0 Å². The predicted molar refractivity (Wildman–Crippen MR) is 88.6 cm³/mol. The Bertz CT molecular complexity index is 768. The fraction of sp³-hybridized carbons (Fsp3) is 0.235. The molecule has 1 aromatic heterocycles. The van der Waals surface area contributed by atoms with E-state index in [9.17, 15) is 10.1 Å². The van der Waals surface area contributed by atoms with Crippen LogP contribution in [-0.4, -0.2) is 18.0 Å². The zero-order valence-corrected chi connectivity index (χ0v) is 13.8. The monoisotopic (exact) mass is 329 g/mol. The summed E-state index contributed by atoms with van der Waals surface area (Å²) in [6, 6.07) is 10.4. The third-order valence-corrected chi connectivity index (χ3v) is 3.89. The Morgan fingerprint density at radius 1 is 1.39 bits per heavy atom. The number of aromatic nitrogens is 1. The number of hydrogen-bond donors (Lipinski definition) is 1. The number of rotatable bonds is 4. The van der Waals surface area contributed by atoms with Gasteiger partial charge < -0.3 is 10.1 Å². The number of anilines is 1. The molecular formula is C17H16ClN3O2. The summed E-state index contributed by atoms with van der Waals surface area (Å²) in [5, 5.41) is 12.8. The molecule has 0 bridgehead atoms. The third kappa shape index (κ3) is 3.43. The van der Waals surface area contributed by atoms with Gasteiger partial charge in [-0.15, -0.1) is 0 Å². The molecule has 1 heterocycles. The highest BCUT2D eigenvalue weighted by Gasteiger charge is 2.35. The molecule has 0 saturated heterocycles. The molecule has 0 aliphatic rings. The fourth-order valence-electron chi connectivity index (χ4n) is 2.05. The second kappa shape index (κ2) is 6.67. The van der Waals surface area contributed by atoms with Gasteiger partial charge in [0.2, 0.25) is 11.8 Å². The number of amides is 1. The smallest absolute Gasteiger partial charge is 0.249 e. The number of pyridine rings is 1. The van der Waals surface area contributed by atoms with E-state index in [0.717, 1.165) is 5.56 Å². The first-order valence-electron chi connectivity index (χ1n) is 6.90. The van der Waals surface area contributed by atoms with Gasteiger partial charge in [-0.2, -0.15) is 5.26 Å². The van der Waals surface area contributed by atoms with Crippen molar-refractivity contribution in [2.45, 2.75) is 19.3 Å². The van der Waals surface area contributed by atoms with Crippen molar-refractivity contribution in [1.82, 2.24) is 4.98 Å². The van der Waals surface area contributed by atoms with E-state index in [2.05, 4.69) is 16.4 Å². The van der Waals surface area contributed by atoms with Crippen LogP contribution in [0.5, 0.6) is 5.88 Å². The summed E-state index contributed by atoms with van der Waals surface area (Å²) in [5.41, 5.74) is 0.561. The summed E-state index contributed by atoms with van der Waals surface area (Å²) < 4.78 is 5.04. The van der Waals surface area contributed by atoms with Crippen molar-refractivity contribution >= 4 is 23.2 Å². The minimum Gasteiger partial charge on any atom is -0.481 e. The van der Waals surface area contributed by atoms with Crippen LogP contribution in [-0.2, 0) is 10.2 Å². The number of nitrogens with zero attached hydrogens (tertiary/aromatic N) is 2. The lowest BCUT2D eigenvalue weighted by atomic mass is 9.83. The van der Waals surface area contributed by atoms with E-state index in [4.69, 9.17) is 16.3 Å². The van der Waals surface area contributed by atoms with Crippen molar-refractivity contribution in [3.8, 4) is 11.9 Å². The lowest BCUT2D eigenvalue weighted by Gasteiger charge is -2.22. The molecule has 1 aromatic carbocycles. The summed E-state index contributed by atoms with van der Waals surface area (Å²) >= 11 is 5.86. The Morgan fingerprint density at radius 3 is 2.57 bits per heavy atom. The maximum atomic E-state index is 12.6. The standard InChI is InChI=1S/C17H16ClN3O2/c1-11-8-15(23-3)20-9-14(11)21-16(22)17(2,10-19)12-4-6-13(18)7-5-12/h4-9H,1-3H3,(H,21,22). The maximum Gasteiger partial charge on any atom is 0.249 e. The van der Waals surface area contributed by atoms with Gasteiger partial charge in [0.15, 0.2) is 5.41 Å². The van der Waals surface area contributed by atoms with Crippen LogP contribution in [0.15, 0.2) is 36.5 Å². The summed E-state index contributed by atoms with van der Waals surface area (Å²) in [4.78, 5) is 16.7.